The Kier molecular flexibility index (Phi) is 5.53. The number of fused-ring (bicyclic) bond motifs is 1. The molecule has 3 aromatic rings. The van der Waals surface area contributed by atoms with Crippen molar-refractivity contribution in [1.29, 1.82) is 0 Å². The molecule has 0 bridgehead atoms. The fourth-order valence-corrected chi connectivity index (χ4v) is 5.71. The van der Waals surface area contributed by atoms with Crippen LogP contribution in [0.3, 0.4) is 0 Å². The Hall–Kier alpha value is -2.49. The Morgan fingerprint density at radius 3 is 2.23 bits per heavy atom. The van der Waals surface area contributed by atoms with Gasteiger partial charge in [-0.2, -0.15) is 0 Å². The van der Waals surface area contributed by atoms with Gasteiger partial charge in [-0.15, -0.1) is 0 Å². The van der Waals surface area contributed by atoms with Gasteiger partial charge in [0.05, 0.1) is 18.1 Å². The van der Waals surface area contributed by atoms with E-state index in [-0.39, 0.29) is 0 Å². The third-order valence-corrected chi connectivity index (χ3v) is 6.63. The first-order valence-electron chi connectivity index (χ1n) is 11.5. The van der Waals surface area contributed by atoms with Gasteiger partial charge in [0, 0.05) is 17.8 Å². The van der Waals surface area contributed by atoms with Crippen molar-refractivity contribution in [3.8, 4) is 5.75 Å². The lowest BCUT2D eigenvalue weighted by Crippen LogP contribution is -2.35. The van der Waals surface area contributed by atoms with Gasteiger partial charge in [-0.05, 0) is 65.8 Å². The lowest BCUT2D eigenvalue weighted by Gasteiger charge is -2.45. The van der Waals surface area contributed by atoms with E-state index in [0.29, 0.717) is 22.8 Å². The van der Waals surface area contributed by atoms with Gasteiger partial charge in [-0.25, -0.2) is 4.98 Å². The van der Waals surface area contributed by atoms with Crippen LogP contribution in [-0.2, 0) is 0 Å². The highest BCUT2D eigenvalue weighted by atomic mass is 16.5. The summed E-state index contributed by atoms with van der Waals surface area (Å²) in [6, 6.07) is 15.4. The van der Waals surface area contributed by atoms with Crippen LogP contribution in [0.1, 0.15) is 78.3 Å². The number of rotatable bonds is 5. The van der Waals surface area contributed by atoms with Crippen LogP contribution in [0.5, 0.6) is 5.75 Å². The number of nitrogens with one attached hydrogen (secondary N) is 1. The van der Waals surface area contributed by atoms with Gasteiger partial charge < -0.3 is 14.6 Å². The Labute approximate surface area is 187 Å². The Bertz CT molecular complexity index is 1040. The van der Waals surface area contributed by atoms with Crippen LogP contribution in [-0.4, -0.2) is 16.7 Å². The highest BCUT2D eigenvalue weighted by Crippen LogP contribution is 2.51. The van der Waals surface area contributed by atoms with E-state index >= 15 is 0 Å². The Morgan fingerprint density at radius 1 is 1.00 bits per heavy atom. The summed E-state index contributed by atoms with van der Waals surface area (Å²) in [6.07, 6.45) is 3.54. The predicted octanol–water partition coefficient (Wildman–Crippen LogP) is 7.69. The standard InChI is InChI=1S/C27H37N3O/c1-18(2)19-8-10-20(11-9-19)28-25-29-23-14-22(31-7)12-13-24(23)30(25)21-15-26(3,4)17-27(5,6)16-21/h8-14,18,21H,15-17H2,1-7H3,(H,28,29). The maximum atomic E-state index is 5.47. The summed E-state index contributed by atoms with van der Waals surface area (Å²) in [5.41, 5.74) is 5.15. The summed E-state index contributed by atoms with van der Waals surface area (Å²) in [6.45, 7) is 14.1. The lowest BCUT2D eigenvalue weighted by atomic mass is 9.63. The first-order valence-corrected chi connectivity index (χ1v) is 11.5. The number of methoxy groups -OCH3 is 1. The fraction of sp³-hybridized carbons (Fsp3) is 0.519. The first-order chi connectivity index (χ1) is 14.6. The van der Waals surface area contributed by atoms with Gasteiger partial charge in [0.25, 0.3) is 0 Å². The van der Waals surface area contributed by atoms with E-state index in [9.17, 15) is 0 Å². The molecule has 4 rings (SSSR count). The van der Waals surface area contributed by atoms with Crippen LogP contribution in [0, 0.1) is 10.8 Å². The van der Waals surface area contributed by atoms with Gasteiger partial charge in [0.2, 0.25) is 5.95 Å². The van der Waals surface area contributed by atoms with E-state index in [1.165, 1.54) is 17.5 Å². The molecule has 0 atom stereocenters. The van der Waals surface area contributed by atoms with E-state index in [1.807, 2.05) is 12.1 Å². The zero-order chi connectivity index (χ0) is 22.4. The zero-order valence-electron chi connectivity index (χ0n) is 20.1. The third-order valence-electron chi connectivity index (χ3n) is 6.63. The summed E-state index contributed by atoms with van der Waals surface area (Å²) in [4.78, 5) is 5.02. The topological polar surface area (TPSA) is 39.1 Å². The van der Waals surface area contributed by atoms with E-state index in [4.69, 9.17) is 9.72 Å². The van der Waals surface area contributed by atoms with Gasteiger partial charge in [0.15, 0.2) is 0 Å². The van der Waals surface area contributed by atoms with Gasteiger partial charge in [-0.1, -0.05) is 53.7 Å². The molecule has 0 spiro atoms. The van der Waals surface area contributed by atoms with Crippen molar-refractivity contribution in [2.45, 2.75) is 72.8 Å². The average Bonchev–Trinajstić information content (AvgIpc) is 3.02. The van der Waals surface area contributed by atoms with Gasteiger partial charge in [0.1, 0.15) is 5.75 Å². The second kappa shape index (κ2) is 7.89. The Balaban J connectivity index is 1.78. The summed E-state index contributed by atoms with van der Waals surface area (Å²) in [5.74, 6) is 2.28. The zero-order valence-corrected chi connectivity index (χ0v) is 20.1. The smallest absolute Gasteiger partial charge is 0.208 e. The minimum atomic E-state index is 0.297. The lowest BCUT2D eigenvalue weighted by molar-refractivity contribution is 0.0746. The molecule has 0 unspecified atom stereocenters. The molecular formula is C27H37N3O. The van der Waals surface area contributed by atoms with Crippen LogP contribution in [0.2, 0.25) is 0 Å². The number of aromatic nitrogens is 2. The fourth-order valence-electron chi connectivity index (χ4n) is 5.71. The second-order valence-electron chi connectivity index (χ2n) is 11.1. The highest BCUT2D eigenvalue weighted by Gasteiger charge is 2.40. The Morgan fingerprint density at radius 2 is 1.65 bits per heavy atom. The molecule has 1 fully saturated rings. The second-order valence-corrected chi connectivity index (χ2v) is 11.1. The number of hydrogen-bond donors (Lipinski definition) is 1. The first kappa shape index (κ1) is 21.7. The molecule has 2 aromatic carbocycles. The maximum absolute atomic E-state index is 5.47. The van der Waals surface area contributed by atoms with Crippen molar-refractivity contribution < 1.29 is 4.74 Å². The largest absolute Gasteiger partial charge is 0.497 e. The quantitative estimate of drug-likeness (QED) is 0.461. The molecule has 1 aliphatic carbocycles. The molecule has 31 heavy (non-hydrogen) atoms. The summed E-state index contributed by atoms with van der Waals surface area (Å²) < 4.78 is 7.91. The normalized spacial score (nSPS) is 18.5. The molecule has 0 aliphatic heterocycles. The molecule has 1 aromatic heterocycles. The van der Waals surface area contributed by atoms with Gasteiger partial charge in [-0.3, -0.25) is 0 Å². The molecule has 0 radical (unpaired) electrons. The number of hydrogen-bond acceptors (Lipinski definition) is 3. The average molecular weight is 420 g/mol. The SMILES string of the molecule is COc1ccc2c(c1)nc(Nc1ccc(C(C)C)cc1)n2C1CC(C)(C)CC(C)(C)C1. The van der Waals surface area contributed by atoms with E-state index in [0.717, 1.165) is 35.7 Å². The predicted molar refractivity (Wildman–Crippen MR) is 131 cm³/mol. The number of benzene rings is 2. The summed E-state index contributed by atoms with van der Waals surface area (Å²) in [5, 5.41) is 3.63. The summed E-state index contributed by atoms with van der Waals surface area (Å²) >= 11 is 0. The minimum Gasteiger partial charge on any atom is -0.497 e. The highest BCUT2D eigenvalue weighted by molar-refractivity contribution is 5.81. The maximum Gasteiger partial charge on any atom is 0.208 e. The van der Waals surface area contributed by atoms with E-state index in [2.05, 4.69) is 81.8 Å². The summed E-state index contributed by atoms with van der Waals surface area (Å²) in [7, 11) is 1.71. The molecule has 1 heterocycles. The molecule has 1 N–H and O–H groups in total. The van der Waals surface area contributed by atoms with Crippen molar-refractivity contribution >= 4 is 22.7 Å². The van der Waals surface area contributed by atoms with E-state index < -0.39 is 0 Å². The van der Waals surface area contributed by atoms with Crippen LogP contribution >= 0.6 is 0 Å². The molecular weight excluding hydrogens is 382 g/mol. The number of imidazole rings is 1. The molecule has 0 amide bonds. The van der Waals surface area contributed by atoms with Crippen LogP contribution in [0.15, 0.2) is 42.5 Å². The number of nitrogens with zero attached hydrogens (tertiary/aromatic N) is 2. The third kappa shape index (κ3) is 4.58. The number of anilines is 2. The van der Waals surface area contributed by atoms with Crippen LogP contribution < -0.4 is 10.1 Å². The minimum absolute atomic E-state index is 0.297. The molecule has 4 heteroatoms. The van der Waals surface area contributed by atoms with Crippen molar-refractivity contribution in [3.05, 3.63) is 48.0 Å². The van der Waals surface area contributed by atoms with E-state index in [1.54, 1.807) is 7.11 Å². The van der Waals surface area contributed by atoms with Crippen LogP contribution in [0.25, 0.3) is 11.0 Å². The number of ether oxygens (including phenoxy) is 1. The van der Waals surface area contributed by atoms with Crippen LogP contribution in [0.4, 0.5) is 11.6 Å². The monoisotopic (exact) mass is 419 g/mol. The van der Waals surface area contributed by atoms with Crippen molar-refractivity contribution in [2.75, 3.05) is 12.4 Å². The van der Waals surface area contributed by atoms with Crippen molar-refractivity contribution in [1.82, 2.24) is 9.55 Å². The molecule has 0 saturated heterocycles. The molecule has 1 aliphatic rings. The molecule has 166 valence electrons. The molecule has 1 saturated carbocycles. The van der Waals surface area contributed by atoms with Gasteiger partial charge >= 0.3 is 0 Å². The van der Waals surface area contributed by atoms with Crippen molar-refractivity contribution in [3.63, 3.8) is 0 Å². The van der Waals surface area contributed by atoms with Crippen molar-refractivity contribution in [2.24, 2.45) is 10.8 Å². The molecule has 4 nitrogen and oxygen atoms in total.